The summed E-state index contributed by atoms with van der Waals surface area (Å²) in [5, 5.41) is 18.5. The van der Waals surface area contributed by atoms with Gasteiger partial charge in [-0.3, -0.25) is 10.0 Å². The third-order valence-corrected chi connectivity index (χ3v) is 6.15. The molecule has 0 aromatic heterocycles. The number of hydroxylamine groups is 1. The average molecular weight is 392 g/mol. The first-order valence-corrected chi connectivity index (χ1v) is 10.1. The molecule has 0 aliphatic carbocycles. The van der Waals surface area contributed by atoms with E-state index >= 15 is 0 Å². The second kappa shape index (κ2) is 9.50. The highest BCUT2D eigenvalue weighted by Gasteiger charge is 2.35. The number of sulfonamides is 1. The Morgan fingerprint density at radius 1 is 1.11 bits per heavy atom. The number of nitrogens with one attached hydrogen (secondary N) is 1. The van der Waals surface area contributed by atoms with Gasteiger partial charge in [0.1, 0.15) is 11.8 Å². The number of benzene rings is 2. The maximum absolute atomic E-state index is 13.2. The molecule has 0 aliphatic heterocycles. The first-order chi connectivity index (χ1) is 12.9. The molecular weight excluding hydrogens is 368 g/mol. The molecule has 3 N–H and O–H groups in total. The summed E-state index contributed by atoms with van der Waals surface area (Å²) in [4.78, 5) is 12.2. The van der Waals surface area contributed by atoms with Crippen LogP contribution in [0.25, 0.3) is 0 Å². The minimum absolute atomic E-state index is 0.0276. The Bertz CT molecular complexity index is 838. The van der Waals surface area contributed by atoms with Crippen LogP contribution in [0.5, 0.6) is 5.75 Å². The van der Waals surface area contributed by atoms with E-state index in [0.29, 0.717) is 12.8 Å². The lowest BCUT2D eigenvalue weighted by molar-refractivity contribution is -0.133. The van der Waals surface area contributed by atoms with E-state index in [-0.39, 0.29) is 23.6 Å². The summed E-state index contributed by atoms with van der Waals surface area (Å²) in [5.41, 5.74) is 2.51. The summed E-state index contributed by atoms with van der Waals surface area (Å²) in [7, 11) is -4.01. The van der Waals surface area contributed by atoms with Gasteiger partial charge in [0.2, 0.25) is 10.0 Å². The lowest BCUT2D eigenvalue weighted by atomic mass is 10.1. The monoisotopic (exact) mass is 392 g/mol. The molecule has 0 fully saturated rings. The highest BCUT2D eigenvalue weighted by atomic mass is 32.2. The van der Waals surface area contributed by atoms with E-state index in [4.69, 9.17) is 5.21 Å². The van der Waals surface area contributed by atoms with Crippen LogP contribution in [0.1, 0.15) is 25.3 Å². The second-order valence-electron chi connectivity index (χ2n) is 6.13. The molecule has 27 heavy (non-hydrogen) atoms. The molecule has 2 rings (SSSR count). The molecule has 0 saturated heterocycles. The number of carbonyl (C=O) groups is 1. The van der Waals surface area contributed by atoms with Gasteiger partial charge in [0.05, 0.1) is 4.90 Å². The maximum Gasteiger partial charge on any atom is 0.261 e. The fourth-order valence-corrected chi connectivity index (χ4v) is 4.45. The van der Waals surface area contributed by atoms with Crippen molar-refractivity contribution in [2.75, 3.05) is 6.54 Å². The van der Waals surface area contributed by atoms with Crippen LogP contribution in [0, 0.1) is 0 Å². The van der Waals surface area contributed by atoms with Gasteiger partial charge in [-0.05, 0) is 42.7 Å². The number of nitrogens with zero attached hydrogens (tertiary/aromatic N) is 1. The molecule has 2 aromatic rings. The molecule has 0 unspecified atom stereocenters. The van der Waals surface area contributed by atoms with E-state index in [9.17, 15) is 18.3 Å². The number of hydrogen-bond donors (Lipinski definition) is 3. The van der Waals surface area contributed by atoms with Gasteiger partial charge in [-0.2, -0.15) is 4.31 Å². The molecule has 2 aromatic carbocycles. The predicted octanol–water partition coefficient (Wildman–Crippen LogP) is 2.30. The van der Waals surface area contributed by atoms with Crippen LogP contribution < -0.4 is 5.48 Å². The van der Waals surface area contributed by atoms with Gasteiger partial charge < -0.3 is 5.11 Å². The van der Waals surface area contributed by atoms with Crippen LogP contribution in [-0.4, -0.2) is 41.5 Å². The van der Waals surface area contributed by atoms with Crippen LogP contribution in [0.2, 0.25) is 0 Å². The van der Waals surface area contributed by atoms with Crippen molar-refractivity contribution >= 4 is 15.9 Å². The van der Waals surface area contributed by atoms with Crippen LogP contribution in [0.15, 0.2) is 59.5 Å². The molecule has 0 bridgehead atoms. The van der Waals surface area contributed by atoms with Crippen molar-refractivity contribution in [2.24, 2.45) is 0 Å². The number of phenolic OH excluding ortho intramolecular Hbond substituents is 1. The largest absolute Gasteiger partial charge is 0.508 e. The third kappa shape index (κ3) is 5.29. The van der Waals surface area contributed by atoms with Crippen molar-refractivity contribution in [2.45, 2.75) is 37.1 Å². The standard InChI is InChI=1S/C19H24N2O5S/c1-2-6-18(19(23)20-24)21(14-13-15-7-4-3-5-8-15)27(25,26)17-11-9-16(22)10-12-17/h3-5,7-12,18,22,24H,2,6,13-14H2,1H3,(H,20,23)/t18-/m1/s1. The zero-order valence-electron chi connectivity index (χ0n) is 15.1. The van der Waals surface area contributed by atoms with Gasteiger partial charge in [-0.1, -0.05) is 43.7 Å². The summed E-state index contributed by atoms with van der Waals surface area (Å²) in [5.74, 6) is -0.824. The SMILES string of the molecule is CCC[C@H](C(=O)NO)N(CCc1ccccc1)S(=O)(=O)c1ccc(O)cc1. The van der Waals surface area contributed by atoms with Gasteiger partial charge >= 0.3 is 0 Å². The van der Waals surface area contributed by atoms with Crippen molar-refractivity contribution in [3.8, 4) is 5.75 Å². The van der Waals surface area contributed by atoms with E-state index in [1.165, 1.54) is 24.3 Å². The van der Waals surface area contributed by atoms with E-state index in [1.54, 1.807) is 5.48 Å². The topological polar surface area (TPSA) is 107 Å². The lowest BCUT2D eigenvalue weighted by Crippen LogP contribution is -2.49. The molecule has 146 valence electrons. The van der Waals surface area contributed by atoms with Gasteiger partial charge in [-0.25, -0.2) is 13.9 Å². The van der Waals surface area contributed by atoms with Crippen molar-refractivity contribution in [3.05, 3.63) is 60.2 Å². The van der Waals surface area contributed by atoms with Crippen LogP contribution >= 0.6 is 0 Å². The average Bonchev–Trinajstić information content (AvgIpc) is 2.67. The summed E-state index contributed by atoms with van der Waals surface area (Å²) in [6, 6.07) is 13.5. The van der Waals surface area contributed by atoms with Gasteiger partial charge in [0.25, 0.3) is 5.91 Å². The summed E-state index contributed by atoms with van der Waals surface area (Å²) in [6.45, 7) is 1.91. The highest BCUT2D eigenvalue weighted by Crippen LogP contribution is 2.23. The summed E-state index contributed by atoms with van der Waals surface area (Å²) in [6.07, 6.45) is 1.24. The first kappa shape index (κ1) is 20.9. The molecule has 7 nitrogen and oxygen atoms in total. The predicted molar refractivity (Wildman–Crippen MR) is 101 cm³/mol. The van der Waals surface area contributed by atoms with E-state index < -0.39 is 22.0 Å². The normalized spacial score (nSPS) is 12.7. The smallest absolute Gasteiger partial charge is 0.261 e. The Labute approximate surface area is 159 Å². The second-order valence-corrected chi connectivity index (χ2v) is 8.02. The van der Waals surface area contributed by atoms with E-state index in [0.717, 1.165) is 9.87 Å². The third-order valence-electron chi connectivity index (χ3n) is 4.23. The zero-order chi connectivity index (χ0) is 19.9. The van der Waals surface area contributed by atoms with Crippen LogP contribution in [-0.2, 0) is 21.2 Å². The Morgan fingerprint density at radius 3 is 2.30 bits per heavy atom. The number of carbonyl (C=O) groups excluding carboxylic acids is 1. The Morgan fingerprint density at radius 2 is 1.74 bits per heavy atom. The Kier molecular flexibility index (Phi) is 7.35. The van der Waals surface area contributed by atoms with Crippen LogP contribution in [0.3, 0.4) is 0 Å². The van der Waals surface area contributed by atoms with Gasteiger partial charge in [0, 0.05) is 6.54 Å². The quantitative estimate of drug-likeness (QED) is 0.448. The van der Waals surface area contributed by atoms with Crippen molar-refractivity contribution in [3.63, 3.8) is 0 Å². The Hall–Kier alpha value is -2.42. The first-order valence-electron chi connectivity index (χ1n) is 8.69. The van der Waals surface area contributed by atoms with E-state index in [2.05, 4.69) is 0 Å². The fraction of sp³-hybridized carbons (Fsp3) is 0.316. The number of amides is 1. The van der Waals surface area contributed by atoms with Crippen molar-refractivity contribution in [1.29, 1.82) is 0 Å². The lowest BCUT2D eigenvalue weighted by Gasteiger charge is -2.29. The maximum atomic E-state index is 13.2. The van der Waals surface area contributed by atoms with Gasteiger partial charge in [0.15, 0.2) is 0 Å². The molecule has 0 spiro atoms. The number of phenols is 1. The molecular formula is C19H24N2O5S. The molecule has 0 aliphatic rings. The van der Waals surface area contributed by atoms with Crippen molar-refractivity contribution < 1.29 is 23.5 Å². The number of rotatable bonds is 9. The molecule has 0 saturated carbocycles. The highest BCUT2D eigenvalue weighted by molar-refractivity contribution is 7.89. The van der Waals surface area contributed by atoms with Crippen LogP contribution in [0.4, 0.5) is 0 Å². The number of aromatic hydroxyl groups is 1. The molecule has 0 heterocycles. The Balaban J connectivity index is 2.40. The summed E-state index contributed by atoms with van der Waals surface area (Å²) >= 11 is 0. The number of hydrogen-bond acceptors (Lipinski definition) is 5. The molecule has 1 amide bonds. The summed E-state index contributed by atoms with van der Waals surface area (Å²) < 4.78 is 27.5. The van der Waals surface area contributed by atoms with Crippen molar-refractivity contribution in [1.82, 2.24) is 9.79 Å². The molecule has 8 heteroatoms. The molecule has 0 radical (unpaired) electrons. The molecule has 1 atom stereocenters. The minimum atomic E-state index is -4.01. The van der Waals surface area contributed by atoms with E-state index in [1.807, 2.05) is 37.3 Å². The zero-order valence-corrected chi connectivity index (χ0v) is 15.9. The minimum Gasteiger partial charge on any atom is -0.508 e. The fourth-order valence-electron chi connectivity index (χ4n) is 2.83. The van der Waals surface area contributed by atoms with Gasteiger partial charge in [-0.15, -0.1) is 0 Å².